The summed E-state index contributed by atoms with van der Waals surface area (Å²) in [5.74, 6) is 0.251. The zero-order valence-electron chi connectivity index (χ0n) is 12.3. The van der Waals surface area contributed by atoms with E-state index in [0.29, 0.717) is 51.5 Å². The van der Waals surface area contributed by atoms with Gasteiger partial charge in [0.2, 0.25) is 5.91 Å². The maximum absolute atomic E-state index is 13.0. The average molecular weight is 299 g/mol. The summed E-state index contributed by atoms with van der Waals surface area (Å²) in [6.07, 6.45) is 3.57. The average Bonchev–Trinajstić information content (AvgIpc) is 2.54. The molecule has 1 amide bonds. The van der Waals surface area contributed by atoms with Crippen LogP contribution in [-0.2, 0) is 9.53 Å². The molecule has 2 heterocycles. The molecule has 0 aromatic carbocycles. The van der Waals surface area contributed by atoms with Crippen LogP contribution in [0.1, 0.15) is 32.1 Å². The Labute approximate surface area is 124 Å². The number of rotatable bonds is 4. The van der Waals surface area contributed by atoms with Gasteiger partial charge in [-0.25, -0.2) is 0 Å². The summed E-state index contributed by atoms with van der Waals surface area (Å²) in [6, 6.07) is 0. The van der Waals surface area contributed by atoms with Crippen molar-refractivity contribution in [1.82, 2.24) is 4.90 Å². The van der Waals surface area contributed by atoms with E-state index in [2.05, 4.69) is 5.16 Å². The molecule has 2 rings (SSSR count). The van der Waals surface area contributed by atoms with Crippen molar-refractivity contribution in [3.8, 4) is 0 Å². The van der Waals surface area contributed by atoms with Crippen molar-refractivity contribution in [3.63, 3.8) is 0 Å². The normalized spacial score (nSPS) is 26.6. The Morgan fingerprint density at radius 3 is 2.76 bits per heavy atom. The summed E-state index contributed by atoms with van der Waals surface area (Å²) in [7, 11) is 0. The molecule has 1 atom stereocenters. The molecule has 2 aliphatic rings. The fourth-order valence-corrected chi connectivity index (χ4v) is 3.37. The van der Waals surface area contributed by atoms with E-state index in [0.717, 1.165) is 12.8 Å². The van der Waals surface area contributed by atoms with Crippen molar-refractivity contribution >= 4 is 11.7 Å². The third-order valence-electron chi connectivity index (χ3n) is 4.70. The number of oxime groups is 1. The first kappa shape index (κ1) is 16.0. The lowest BCUT2D eigenvalue weighted by atomic mass is 9.77. The highest BCUT2D eigenvalue weighted by Gasteiger charge is 2.47. The highest BCUT2D eigenvalue weighted by atomic mass is 16.5. The predicted molar refractivity (Wildman–Crippen MR) is 76.9 cm³/mol. The molecular formula is C14H25N3O4. The van der Waals surface area contributed by atoms with Crippen LogP contribution in [0.3, 0.4) is 0 Å². The van der Waals surface area contributed by atoms with Crippen molar-refractivity contribution in [1.29, 1.82) is 0 Å². The summed E-state index contributed by atoms with van der Waals surface area (Å²) in [4.78, 5) is 14.8. The molecule has 0 aliphatic carbocycles. The minimum absolute atomic E-state index is 0.0138. The molecule has 0 spiro atoms. The summed E-state index contributed by atoms with van der Waals surface area (Å²) in [5.41, 5.74) is 4.90. The first-order valence-electron chi connectivity index (χ1n) is 7.60. The second-order valence-electron chi connectivity index (χ2n) is 5.95. The Hall–Kier alpha value is -1.34. The van der Waals surface area contributed by atoms with Crippen molar-refractivity contribution in [2.24, 2.45) is 22.2 Å². The van der Waals surface area contributed by atoms with Crippen LogP contribution in [0.5, 0.6) is 0 Å². The number of carbonyl (C=O) groups is 1. The number of amides is 1. The van der Waals surface area contributed by atoms with E-state index in [-0.39, 0.29) is 18.3 Å². The molecule has 0 aromatic heterocycles. The Morgan fingerprint density at radius 2 is 2.14 bits per heavy atom. The molecule has 0 saturated carbocycles. The number of aliphatic hydroxyl groups is 1. The molecule has 7 heteroatoms. The maximum Gasteiger partial charge on any atom is 0.236 e. The number of aliphatic hydroxyl groups excluding tert-OH is 1. The lowest BCUT2D eigenvalue weighted by Gasteiger charge is -2.41. The van der Waals surface area contributed by atoms with Gasteiger partial charge >= 0.3 is 0 Å². The highest BCUT2D eigenvalue weighted by molar-refractivity contribution is 6.06. The fourth-order valence-electron chi connectivity index (χ4n) is 3.37. The fraction of sp³-hybridized carbons (Fsp3) is 0.857. The zero-order valence-corrected chi connectivity index (χ0v) is 12.3. The lowest BCUT2D eigenvalue weighted by Crippen LogP contribution is -2.55. The molecule has 1 unspecified atom stereocenters. The van der Waals surface area contributed by atoms with E-state index >= 15 is 0 Å². The molecule has 21 heavy (non-hydrogen) atoms. The third kappa shape index (κ3) is 3.29. The van der Waals surface area contributed by atoms with Crippen molar-refractivity contribution in [2.45, 2.75) is 32.1 Å². The lowest BCUT2D eigenvalue weighted by molar-refractivity contribution is -0.144. The largest absolute Gasteiger partial charge is 0.409 e. The second-order valence-corrected chi connectivity index (χ2v) is 5.95. The number of nitrogens with two attached hydrogens (primary N) is 1. The first-order chi connectivity index (χ1) is 10.1. The summed E-state index contributed by atoms with van der Waals surface area (Å²) >= 11 is 0. The van der Waals surface area contributed by atoms with Crippen LogP contribution in [0.4, 0.5) is 0 Å². The Bertz CT molecular complexity index is 392. The minimum atomic E-state index is -0.936. The molecular weight excluding hydrogens is 274 g/mol. The minimum Gasteiger partial charge on any atom is -0.409 e. The van der Waals surface area contributed by atoms with Crippen LogP contribution in [0.25, 0.3) is 0 Å². The molecule has 0 bridgehead atoms. The van der Waals surface area contributed by atoms with E-state index < -0.39 is 5.41 Å². The van der Waals surface area contributed by atoms with E-state index in [4.69, 9.17) is 20.8 Å². The van der Waals surface area contributed by atoms with Crippen LogP contribution in [0, 0.1) is 11.3 Å². The highest BCUT2D eigenvalue weighted by Crippen LogP contribution is 2.34. The van der Waals surface area contributed by atoms with Gasteiger partial charge in [-0.3, -0.25) is 4.79 Å². The molecule has 120 valence electrons. The number of nitrogens with zero attached hydrogens (tertiary/aromatic N) is 2. The standard InChI is InChI=1S/C14H25N3O4/c15-12(16-20)14(4-8-21-9-5-14)13(19)17-6-1-2-11(10-17)3-7-18/h11,18,20H,1-10H2,(H2,15,16). The van der Waals surface area contributed by atoms with Gasteiger partial charge in [0, 0.05) is 32.9 Å². The number of carbonyl (C=O) groups excluding carboxylic acids is 1. The summed E-state index contributed by atoms with van der Waals surface area (Å²) in [6.45, 7) is 2.36. The van der Waals surface area contributed by atoms with E-state index in [1.54, 1.807) is 0 Å². The number of amidine groups is 1. The van der Waals surface area contributed by atoms with Gasteiger partial charge in [0.05, 0.1) is 0 Å². The van der Waals surface area contributed by atoms with Crippen LogP contribution in [-0.4, -0.2) is 59.9 Å². The Balaban J connectivity index is 2.14. The van der Waals surface area contributed by atoms with Gasteiger partial charge < -0.3 is 25.7 Å². The van der Waals surface area contributed by atoms with Crippen molar-refractivity contribution in [2.75, 3.05) is 32.9 Å². The van der Waals surface area contributed by atoms with Gasteiger partial charge in [-0.05, 0) is 38.0 Å². The number of ether oxygens (including phenoxy) is 1. The van der Waals surface area contributed by atoms with Crippen molar-refractivity contribution < 1.29 is 19.8 Å². The summed E-state index contributed by atoms with van der Waals surface area (Å²) < 4.78 is 5.32. The van der Waals surface area contributed by atoms with Gasteiger partial charge in [0.1, 0.15) is 5.41 Å². The second kappa shape index (κ2) is 7.09. The number of piperidine rings is 1. The van der Waals surface area contributed by atoms with Crippen LogP contribution in [0.2, 0.25) is 0 Å². The van der Waals surface area contributed by atoms with Gasteiger partial charge in [-0.15, -0.1) is 0 Å². The summed E-state index contributed by atoms with van der Waals surface area (Å²) in [5, 5.41) is 21.2. The quantitative estimate of drug-likeness (QED) is 0.296. The van der Waals surface area contributed by atoms with Gasteiger partial charge in [0.25, 0.3) is 0 Å². The smallest absolute Gasteiger partial charge is 0.236 e. The topological polar surface area (TPSA) is 108 Å². The molecule has 7 nitrogen and oxygen atoms in total. The molecule has 0 radical (unpaired) electrons. The zero-order chi connectivity index (χ0) is 15.3. The molecule has 0 aromatic rings. The van der Waals surface area contributed by atoms with Gasteiger partial charge in [0.15, 0.2) is 5.84 Å². The Morgan fingerprint density at radius 1 is 1.43 bits per heavy atom. The van der Waals surface area contributed by atoms with Crippen LogP contribution in [0.15, 0.2) is 5.16 Å². The van der Waals surface area contributed by atoms with Gasteiger partial charge in [-0.2, -0.15) is 0 Å². The van der Waals surface area contributed by atoms with E-state index in [9.17, 15) is 4.79 Å². The van der Waals surface area contributed by atoms with Crippen molar-refractivity contribution in [3.05, 3.63) is 0 Å². The monoisotopic (exact) mass is 299 g/mol. The van der Waals surface area contributed by atoms with Gasteiger partial charge in [-0.1, -0.05) is 5.16 Å². The van der Waals surface area contributed by atoms with Crippen LogP contribution >= 0.6 is 0 Å². The number of hydrogen-bond acceptors (Lipinski definition) is 5. The predicted octanol–water partition coefficient (Wildman–Crippen LogP) is 0.151. The molecule has 2 saturated heterocycles. The third-order valence-corrected chi connectivity index (χ3v) is 4.70. The Kier molecular flexibility index (Phi) is 5.41. The first-order valence-corrected chi connectivity index (χ1v) is 7.60. The van der Waals surface area contributed by atoms with Crippen LogP contribution < -0.4 is 5.73 Å². The maximum atomic E-state index is 13.0. The van der Waals surface area contributed by atoms with E-state index in [1.165, 1.54) is 0 Å². The number of hydrogen-bond donors (Lipinski definition) is 3. The molecule has 2 fully saturated rings. The molecule has 4 N–H and O–H groups in total. The molecule has 2 aliphatic heterocycles. The SMILES string of the molecule is NC(=NO)C1(C(=O)N2CCCC(CCO)C2)CCOCC1. The van der Waals surface area contributed by atoms with E-state index in [1.807, 2.05) is 4.90 Å². The number of likely N-dealkylation sites (tertiary alicyclic amines) is 1.